The molecular weight excluding hydrogens is 332 g/mol. The van der Waals surface area contributed by atoms with Crippen LogP contribution in [0, 0.1) is 0 Å². The predicted octanol–water partition coefficient (Wildman–Crippen LogP) is 3.78. The standard InChI is InChI=1S/C20H18N2O4/c1-25-18-9-5-2-6-14(18)12-21-22-13-15-10-11-19(26-15)16-7-3-4-8-17(16)20(23)24/h2-11,13,21H,12H2,1H3,(H,23,24)/b22-13-. The van der Waals surface area contributed by atoms with E-state index in [-0.39, 0.29) is 5.56 Å². The maximum Gasteiger partial charge on any atom is 0.336 e. The molecule has 0 aliphatic heterocycles. The molecule has 3 aromatic rings. The number of aromatic carboxylic acids is 1. The lowest BCUT2D eigenvalue weighted by atomic mass is 10.1. The minimum atomic E-state index is -0.995. The Bertz CT molecular complexity index is 931. The Kier molecular flexibility index (Phi) is 5.34. The Balaban J connectivity index is 1.67. The average molecular weight is 350 g/mol. The molecule has 0 saturated carbocycles. The number of rotatable bonds is 7. The minimum Gasteiger partial charge on any atom is -0.496 e. The summed E-state index contributed by atoms with van der Waals surface area (Å²) in [5.41, 5.74) is 4.65. The van der Waals surface area contributed by atoms with Crippen LogP contribution in [-0.2, 0) is 6.54 Å². The van der Waals surface area contributed by atoms with E-state index in [1.54, 1.807) is 49.7 Å². The van der Waals surface area contributed by atoms with Crippen molar-refractivity contribution in [3.05, 3.63) is 77.6 Å². The second kappa shape index (κ2) is 8.02. The first kappa shape index (κ1) is 17.3. The molecule has 0 amide bonds. The van der Waals surface area contributed by atoms with Crippen LogP contribution in [0.15, 0.2) is 70.2 Å². The molecule has 0 bridgehead atoms. The van der Waals surface area contributed by atoms with Gasteiger partial charge >= 0.3 is 5.97 Å². The number of ether oxygens (including phenoxy) is 1. The monoisotopic (exact) mass is 350 g/mol. The van der Waals surface area contributed by atoms with Crippen LogP contribution in [0.4, 0.5) is 0 Å². The highest BCUT2D eigenvalue weighted by Gasteiger charge is 2.13. The quantitative estimate of drug-likeness (QED) is 0.500. The zero-order chi connectivity index (χ0) is 18.4. The summed E-state index contributed by atoms with van der Waals surface area (Å²) in [5.74, 6) is 0.799. The summed E-state index contributed by atoms with van der Waals surface area (Å²) in [5, 5.41) is 13.4. The molecule has 0 radical (unpaired) electrons. The van der Waals surface area contributed by atoms with E-state index in [0.29, 0.717) is 23.6 Å². The number of carboxylic acid groups (broad SMARTS) is 1. The van der Waals surface area contributed by atoms with Crippen LogP contribution in [0.25, 0.3) is 11.3 Å². The number of furan rings is 1. The number of nitrogens with zero attached hydrogens (tertiary/aromatic N) is 1. The molecule has 1 aromatic heterocycles. The number of hydrogen-bond acceptors (Lipinski definition) is 5. The fraction of sp³-hybridized carbons (Fsp3) is 0.100. The summed E-state index contributed by atoms with van der Waals surface area (Å²) >= 11 is 0. The van der Waals surface area contributed by atoms with Crippen LogP contribution in [0.1, 0.15) is 21.7 Å². The molecule has 0 saturated heterocycles. The topological polar surface area (TPSA) is 84.1 Å². The molecule has 6 nitrogen and oxygen atoms in total. The molecule has 2 N–H and O–H groups in total. The molecule has 3 rings (SSSR count). The fourth-order valence-corrected chi connectivity index (χ4v) is 2.54. The Morgan fingerprint density at radius 3 is 2.73 bits per heavy atom. The Morgan fingerprint density at radius 2 is 1.92 bits per heavy atom. The van der Waals surface area contributed by atoms with Crippen molar-refractivity contribution in [2.45, 2.75) is 6.54 Å². The van der Waals surface area contributed by atoms with Crippen molar-refractivity contribution in [2.75, 3.05) is 7.11 Å². The summed E-state index contributed by atoms with van der Waals surface area (Å²) in [6.45, 7) is 0.510. The molecule has 26 heavy (non-hydrogen) atoms. The SMILES string of the molecule is COc1ccccc1CN/N=C\c1ccc(-c2ccccc2C(=O)O)o1. The molecule has 132 valence electrons. The number of nitrogens with one attached hydrogen (secondary N) is 1. The van der Waals surface area contributed by atoms with Crippen LogP contribution >= 0.6 is 0 Å². The molecule has 0 spiro atoms. The van der Waals surface area contributed by atoms with Crippen molar-refractivity contribution in [3.8, 4) is 17.1 Å². The third-order valence-electron chi connectivity index (χ3n) is 3.79. The number of hydrazone groups is 1. The van der Waals surface area contributed by atoms with E-state index < -0.39 is 5.97 Å². The summed E-state index contributed by atoms with van der Waals surface area (Å²) in [6, 6.07) is 17.9. The lowest BCUT2D eigenvalue weighted by Crippen LogP contribution is -2.06. The van der Waals surface area contributed by atoms with E-state index in [9.17, 15) is 9.90 Å². The Morgan fingerprint density at radius 1 is 1.15 bits per heavy atom. The van der Waals surface area contributed by atoms with E-state index in [2.05, 4.69) is 10.5 Å². The van der Waals surface area contributed by atoms with Crippen LogP contribution in [0.3, 0.4) is 0 Å². The van der Waals surface area contributed by atoms with Gasteiger partial charge in [-0.15, -0.1) is 0 Å². The zero-order valence-electron chi connectivity index (χ0n) is 14.2. The van der Waals surface area contributed by atoms with Gasteiger partial charge in [0, 0.05) is 11.1 Å². The van der Waals surface area contributed by atoms with Crippen LogP contribution in [-0.4, -0.2) is 24.4 Å². The van der Waals surface area contributed by atoms with Gasteiger partial charge in [0.15, 0.2) is 0 Å². The molecule has 6 heteroatoms. The first-order valence-corrected chi connectivity index (χ1v) is 7.99. The van der Waals surface area contributed by atoms with Gasteiger partial charge in [-0.3, -0.25) is 0 Å². The largest absolute Gasteiger partial charge is 0.496 e. The van der Waals surface area contributed by atoms with Crippen molar-refractivity contribution in [3.63, 3.8) is 0 Å². The van der Waals surface area contributed by atoms with E-state index in [1.165, 1.54) is 0 Å². The summed E-state index contributed by atoms with van der Waals surface area (Å²) in [4.78, 5) is 11.3. The van der Waals surface area contributed by atoms with Gasteiger partial charge in [-0.2, -0.15) is 5.10 Å². The van der Waals surface area contributed by atoms with E-state index in [0.717, 1.165) is 11.3 Å². The van der Waals surface area contributed by atoms with Crippen molar-refractivity contribution >= 4 is 12.2 Å². The molecular formula is C20H18N2O4. The number of hydrogen-bond donors (Lipinski definition) is 2. The van der Waals surface area contributed by atoms with Gasteiger partial charge in [0.1, 0.15) is 17.3 Å². The van der Waals surface area contributed by atoms with Crippen LogP contribution in [0.5, 0.6) is 5.75 Å². The van der Waals surface area contributed by atoms with Gasteiger partial charge in [-0.05, 0) is 24.3 Å². The Labute approximate surface area is 150 Å². The number of carboxylic acids is 1. The second-order valence-corrected chi connectivity index (χ2v) is 5.46. The summed E-state index contributed by atoms with van der Waals surface area (Å²) in [7, 11) is 1.63. The highest BCUT2D eigenvalue weighted by Crippen LogP contribution is 2.25. The van der Waals surface area contributed by atoms with Crippen molar-refractivity contribution in [1.82, 2.24) is 5.43 Å². The normalized spacial score (nSPS) is 10.8. The first-order chi connectivity index (χ1) is 12.7. The molecule has 0 unspecified atom stereocenters. The Hall–Kier alpha value is -3.54. The molecule has 2 aromatic carbocycles. The third kappa shape index (κ3) is 3.92. The molecule has 1 heterocycles. The highest BCUT2D eigenvalue weighted by atomic mass is 16.5. The first-order valence-electron chi connectivity index (χ1n) is 7.99. The fourth-order valence-electron chi connectivity index (χ4n) is 2.54. The van der Waals surface area contributed by atoms with Gasteiger partial charge in [0.05, 0.1) is 25.4 Å². The number of methoxy groups -OCH3 is 1. The number of para-hydroxylation sites is 1. The average Bonchev–Trinajstić information content (AvgIpc) is 3.14. The van der Waals surface area contributed by atoms with E-state index in [1.807, 2.05) is 24.3 Å². The second-order valence-electron chi connectivity index (χ2n) is 5.46. The molecule has 0 aliphatic rings. The zero-order valence-corrected chi connectivity index (χ0v) is 14.2. The third-order valence-corrected chi connectivity index (χ3v) is 3.79. The van der Waals surface area contributed by atoms with Gasteiger partial charge in [-0.1, -0.05) is 36.4 Å². The highest BCUT2D eigenvalue weighted by molar-refractivity contribution is 5.95. The van der Waals surface area contributed by atoms with Gasteiger partial charge in [0.2, 0.25) is 0 Å². The van der Waals surface area contributed by atoms with E-state index >= 15 is 0 Å². The van der Waals surface area contributed by atoms with Gasteiger partial charge < -0.3 is 19.7 Å². The number of benzene rings is 2. The van der Waals surface area contributed by atoms with Crippen molar-refractivity contribution in [2.24, 2.45) is 5.10 Å². The molecule has 0 atom stereocenters. The van der Waals surface area contributed by atoms with Crippen molar-refractivity contribution in [1.29, 1.82) is 0 Å². The van der Waals surface area contributed by atoms with Crippen molar-refractivity contribution < 1.29 is 19.1 Å². The smallest absolute Gasteiger partial charge is 0.336 e. The van der Waals surface area contributed by atoms with Crippen LogP contribution < -0.4 is 10.2 Å². The maximum atomic E-state index is 11.3. The van der Waals surface area contributed by atoms with Gasteiger partial charge in [0.25, 0.3) is 0 Å². The number of carbonyl (C=O) groups is 1. The summed E-state index contributed by atoms with van der Waals surface area (Å²) < 4.78 is 11.0. The lowest BCUT2D eigenvalue weighted by molar-refractivity contribution is 0.0697. The predicted molar refractivity (Wildman–Crippen MR) is 98.5 cm³/mol. The van der Waals surface area contributed by atoms with E-state index in [4.69, 9.17) is 9.15 Å². The minimum absolute atomic E-state index is 0.194. The summed E-state index contributed by atoms with van der Waals surface area (Å²) in [6.07, 6.45) is 1.54. The lowest BCUT2D eigenvalue weighted by Gasteiger charge is -2.06. The van der Waals surface area contributed by atoms with Gasteiger partial charge in [-0.25, -0.2) is 4.79 Å². The maximum absolute atomic E-state index is 11.3. The molecule has 0 aliphatic carbocycles. The van der Waals surface area contributed by atoms with Crippen LogP contribution in [0.2, 0.25) is 0 Å². The molecule has 0 fully saturated rings.